The second-order valence-electron chi connectivity index (χ2n) is 4.49. The van der Waals surface area contributed by atoms with Crippen molar-refractivity contribution in [2.24, 2.45) is 0 Å². The summed E-state index contributed by atoms with van der Waals surface area (Å²) in [7, 11) is 1.78. The minimum absolute atomic E-state index is 0.130. The second-order valence-corrected chi connectivity index (χ2v) is 4.49. The van der Waals surface area contributed by atoms with Gasteiger partial charge >= 0.3 is 5.97 Å². The Morgan fingerprint density at radius 2 is 2.25 bits per heavy atom. The fourth-order valence-electron chi connectivity index (χ4n) is 1.94. The molecule has 0 bridgehead atoms. The maximum absolute atomic E-state index is 11.9. The summed E-state index contributed by atoms with van der Waals surface area (Å²) in [5, 5.41) is 0. The van der Waals surface area contributed by atoms with E-state index in [9.17, 15) is 9.59 Å². The van der Waals surface area contributed by atoms with Gasteiger partial charge in [-0.2, -0.15) is 0 Å². The summed E-state index contributed by atoms with van der Waals surface area (Å²) in [5.41, 5.74) is 1.10. The maximum Gasteiger partial charge on any atom is 0.320 e. The highest BCUT2D eigenvalue weighted by Gasteiger charge is 2.09. The third-order valence-corrected chi connectivity index (χ3v) is 2.76. The third-order valence-electron chi connectivity index (χ3n) is 2.76. The number of esters is 1. The molecule has 0 atom stereocenters. The number of carbonyl (C=O) groups excluding carboxylic acids is 1. The molecule has 2 rings (SSSR count). The van der Waals surface area contributed by atoms with Crippen molar-refractivity contribution in [3.05, 3.63) is 46.5 Å². The Kier molecular flexibility index (Phi) is 4.47. The van der Waals surface area contributed by atoms with E-state index in [1.54, 1.807) is 37.2 Å². The van der Waals surface area contributed by atoms with Gasteiger partial charge in [0.2, 0.25) is 0 Å². The van der Waals surface area contributed by atoms with Crippen LogP contribution in [0.25, 0.3) is 5.65 Å². The zero-order valence-corrected chi connectivity index (χ0v) is 11.6. The van der Waals surface area contributed by atoms with Crippen LogP contribution in [0.1, 0.15) is 12.6 Å². The molecule has 0 N–H and O–H groups in total. The van der Waals surface area contributed by atoms with Gasteiger partial charge in [-0.1, -0.05) is 6.07 Å². The molecule has 0 amide bonds. The average molecular weight is 275 g/mol. The monoisotopic (exact) mass is 275 g/mol. The van der Waals surface area contributed by atoms with Crippen molar-refractivity contribution in [1.29, 1.82) is 0 Å². The maximum atomic E-state index is 11.9. The molecule has 0 unspecified atom stereocenters. The molecule has 0 radical (unpaired) electrons. The molecule has 6 nitrogen and oxygen atoms in total. The second kappa shape index (κ2) is 6.29. The van der Waals surface area contributed by atoms with Gasteiger partial charge in [-0.3, -0.25) is 18.9 Å². The molecule has 6 heteroatoms. The Labute approximate surface area is 116 Å². The average Bonchev–Trinajstić information content (AvgIpc) is 2.38. The predicted molar refractivity (Wildman–Crippen MR) is 74.4 cm³/mol. The molecule has 0 aromatic carbocycles. The predicted octanol–water partition coefficient (Wildman–Crippen LogP) is 0.689. The van der Waals surface area contributed by atoms with Gasteiger partial charge in [0.15, 0.2) is 0 Å². The van der Waals surface area contributed by atoms with Crippen LogP contribution in [0.3, 0.4) is 0 Å². The number of hydrogen-bond donors (Lipinski definition) is 0. The van der Waals surface area contributed by atoms with Crippen molar-refractivity contribution in [2.75, 3.05) is 20.2 Å². The van der Waals surface area contributed by atoms with E-state index in [4.69, 9.17) is 4.74 Å². The molecule has 0 saturated carbocycles. The molecule has 0 fully saturated rings. The molecular formula is C14H17N3O3. The number of fused-ring (bicyclic) bond motifs is 1. The summed E-state index contributed by atoms with van der Waals surface area (Å²) in [6.07, 6.45) is 1.68. The summed E-state index contributed by atoms with van der Waals surface area (Å²) in [4.78, 5) is 29.5. The lowest BCUT2D eigenvalue weighted by Gasteiger charge is -2.15. The van der Waals surface area contributed by atoms with E-state index in [1.165, 1.54) is 10.5 Å². The van der Waals surface area contributed by atoms with Crippen molar-refractivity contribution >= 4 is 11.6 Å². The number of nitrogens with zero attached hydrogens (tertiary/aromatic N) is 3. The van der Waals surface area contributed by atoms with Crippen LogP contribution in [0.15, 0.2) is 35.3 Å². The topological polar surface area (TPSA) is 63.9 Å². The number of carbonyl (C=O) groups is 1. The Bertz CT molecular complexity index is 666. The number of ether oxygens (including phenoxy) is 1. The number of aromatic nitrogens is 2. The summed E-state index contributed by atoms with van der Waals surface area (Å²) in [6, 6.07) is 6.86. The zero-order chi connectivity index (χ0) is 14.5. The van der Waals surface area contributed by atoms with Gasteiger partial charge < -0.3 is 4.74 Å². The highest BCUT2D eigenvalue weighted by molar-refractivity contribution is 5.71. The van der Waals surface area contributed by atoms with Gasteiger partial charge in [-0.15, -0.1) is 0 Å². The van der Waals surface area contributed by atoms with E-state index in [2.05, 4.69) is 4.98 Å². The first-order chi connectivity index (χ1) is 9.60. The van der Waals surface area contributed by atoms with Crippen molar-refractivity contribution in [3.63, 3.8) is 0 Å². The van der Waals surface area contributed by atoms with Crippen LogP contribution in [0.5, 0.6) is 0 Å². The Hall–Kier alpha value is -2.21. The number of hydrogen-bond acceptors (Lipinski definition) is 5. The molecule has 0 aliphatic rings. The SMILES string of the molecule is CCOC(=O)CN(C)Cc1cc(=O)n2ccccc2n1. The highest BCUT2D eigenvalue weighted by atomic mass is 16.5. The number of rotatable bonds is 5. The van der Waals surface area contributed by atoms with Crippen molar-refractivity contribution in [2.45, 2.75) is 13.5 Å². The van der Waals surface area contributed by atoms with Gasteiger partial charge in [0.25, 0.3) is 5.56 Å². The van der Waals surface area contributed by atoms with E-state index in [0.29, 0.717) is 24.5 Å². The van der Waals surface area contributed by atoms with Gasteiger partial charge in [0.1, 0.15) is 5.65 Å². The lowest BCUT2D eigenvalue weighted by molar-refractivity contribution is -0.144. The van der Waals surface area contributed by atoms with Crippen LogP contribution in [-0.4, -0.2) is 40.5 Å². The lowest BCUT2D eigenvalue weighted by atomic mass is 10.3. The lowest BCUT2D eigenvalue weighted by Crippen LogP contribution is -2.28. The molecule has 0 spiro atoms. The molecule has 106 valence electrons. The fraction of sp³-hybridized carbons (Fsp3) is 0.357. The summed E-state index contributed by atoms with van der Waals surface area (Å²) >= 11 is 0. The molecule has 0 saturated heterocycles. The van der Waals surface area contributed by atoms with Crippen LogP contribution in [0.4, 0.5) is 0 Å². The van der Waals surface area contributed by atoms with E-state index < -0.39 is 0 Å². The van der Waals surface area contributed by atoms with Crippen molar-refractivity contribution in [3.8, 4) is 0 Å². The smallest absolute Gasteiger partial charge is 0.320 e. The molecule has 2 aromatic rings. The summed E-state index contributed by atoms with van der Waals surface area (Å²) < 4.78 is 6.36. The van der Waals surface area contributed by atoms with Crippen molar-refractivity contribution in [1.82, 2.24) is 14.3 Å². The minimum atomic E-state index is -0.285. The van der Waals surface area contributed by atoms with Crippen LogP contribution in [0.2, 0.25) is 0 Å². The molecule has 2 heterocycles. The number of likely N-dealkylation sites (N-methyl/N-ethyl adjacent to an activating group) is 1. The molecule has 0 aliphatic carbocycles. The summed E-state index contributed by atoms with van der Waals surface area (Å²) in [5.74, 6) is -0.285. The van der Waals surface area contributed by atoms with E-state index in [1.807, 2.05) is 6.07 Å². The first-order valence-electron chi connectivity index (χ1n) is 6.41. The Morgan fingerprint density at radius 3 is 3.00 bits per heavy atom. The zero-order valence-electron chi connectivity index (χ0n) is 11.6. The van der Waals surface area contributed by atoms with Gasteiger partial charge in [0.05, 0.1) is 18.8 Å². The van der Waals surface area contributed by atoms with Gasteiger partial charge in [0, 0.05) is 18.8 Å². The van der Waals surface area contributed by atoms with Gasteiger partial charge in [-0.05, 0) is 26.1 Å². The first-order valence-corrected chi connectivity index (χ1v) is 6.41. The standard InChI is InChI=1S/C14H17N3O3/c1-3-20-14(19)10-16(2)9-11-8-13(18)17-7-5-4-6-12(17)15-11/h4-8H,3,9-10H2,1-2H3. The highest BCUT2D eigenvalue weighted by Crippen LogP contribution is 2.01. The van der Waals surface area contributed by atoms with E-state index in [0.717, 1.165) is 0 Å². The van der Waals surface area contributed by atoms with Crippen LogP contribution in [-0.2, 0) is 16.1 Å². The van der Waals surface area contributed by atoms with E-state index >= 15 is 0 Å². The van der Waals surface area contributed by atoms with Crippen LogP contribution in [0, 0.1) is 0 Å². The van der Waals surface area contributed by atoms with Crippen LogP contribution < -0.4 is 5.56 Å². The number of pyridine rings is 1. The molecular weight excluding hydrogens is 258 g/mol. The van der Waals surface area contributed by atoms with Gasteiger partial charge in [-0.25, -0.2) is 4.98 Å². The minimum Gasteiger partial charge on any atom is -0.465 e. The van der Waals surface area contributed by atoms with Crippen molar-refractivity contribution < 1.29 is 9.53 Å². The largest absolute Gasteiger partial charge is 0.465 e. The fourth-order valence-corrected chi connectivity index (χ4v) is 1.94. The Balaban J connectivity index is 2.14. The van der Waals surface area contributed by atoms with E-state index in [-0.39, 0.29) is 18.1 Å². The quantitative estimate of drug-likeness (QED) is 0.751. The normalized spacial score (nSPS) is 10.9. The summed E-state index contributed by atoms with van der Waals surface area (Å²) in [6.45, 7) is 2.72. The van der Waals surface area contributed by atoms with Crippen LogP contribution >= 0.6 is 0 Å². The Morgan fingerprint density at radius 1 is 1.45 bits per heavy atom. The molecule has 20 heavy (non-hydrogen) atoms. The third kappa shape index (κ3) is 3.42. The molecule has 0 aliphatic heterocycles. The first kappa shape index (κ1) is 14.2. The molecule has 2 aromatic heterocycles.